The smallest absolute Gasteiger partial charge is 0.118 e. The van der Waals surface area contributed by atoms with Gasteiger partial charge in [-0.1, -0.05) is 15.9 Å². The minimum Gasteiger partial charge on any atom is -0.508 e. The Hall–Kier alpha value is -0.580. The summed E-state index contributed by atoms with van der Waals surface area (Å²) in [5.41, 5.74) is 0.127. The van der Waals surface area contributed by atoms with E-state index in [0.717, 1.165) is 36.0 Å². The molecule has 0 radical (unpaired) electrons. The average Bonchev–Trinajstić information content (AvgIpc) is 2.24. The van der Waals surface area contributed by atoms with Crippen LogP contribution in [0.25, 0.3) is 0 Å². The normalized spacial score (nSPS) is 19.6. The highest BCUT2D eigenvalue weighted by Crippen LogP contribution is 2.29. The highest BCUT2D eigenvalue weighted by atomic mass is 79.9. The summed E-state index contributed by atoms with van der Waals surface area (Å²) in [6.45, 7) is 1.68. The van der Waals surface area contributed by atoms with E-state index in [1.807, 2.05) is 6.07 Å². The second-order valence-electron chi connectivity index (χ2n) is 4.42. The Morgan fingerprint density at radius 3 is 2.69 bits per heavy atom. The molecule has 0 bridgehead atoms. The third-order valence-corrected chi connectivity index (χ3v) is 3.59. The second-order valence-corrected chi connectivity index (χ2v) is 5.34. The van der Waals surface area contributed by atoms with E-state index in [9.17, 15) is 10.2 Å². The number of aromatic hydroxyl groups is 1. The van der Waals surface area contributed by atoms with Crippen molar-refractivity contribution in [1.29, 1.82) is 0 Å². The van der Waals surface area contributed by atoms with Crippen LogP contribution in [-0.4, -0.2) is 28.9 Å². The minimum absolute atomic E-state index is 0.259. The largest absolute Gasteiger partial charge is 0.508 e. The van der Waals surface area contributed by atoms with E-state index in [2.05, 4.69) is 21.2 Å². The molecule has 88 valence electrons. The van der Waals surface area contributed by atoms with Crippen molar-refractivity contribution in [3.05, 3.63) is 28.2 Å². The van der Waals surface area contributed by atoms with Crippen molar-refractivity contribution in [3.63, 3.8) is 0 Å². The van der Waals surface area contributed by atoms with Crippen molar-refractivity contribution in [1.82, 2.24) is 5.32 Å². The maximum Gasteiger partial charge on any atom is 0.118 e. The van der Waals surface area contributed by atoms with Gasteiger partial charge in [0.05, 0.1) is 5.60 Å². The number of piperidine rings is 1. The van der Waals surface area contributed by atoms with Crippen molar-refractivity contribution in [3.8, 4) is 5.75 Å². The van der Waals surface area contributed by atoms with Crippen LogP contribution in [0.15, 0.2) is 22.7 Å². The highest BCUT2D eigenvalue weighted by molar-refractivity contribution is 9.10. The van der Waals surface area contributed by atoms with Gasteiger partial charge in [0.15, 0.2) is 0 Å². The first-order chi connectivity index (χ1) is 7.59. The number of phenols is 1. The summed E-state index contributed by atoms with van der Waals surface area (Å²) < 4.78 is 0.929. The third kappa shape index (κ3) is 2.75. The van der Waals surface area contributed by atoms with Crippen molar-refractivity contribution in [2.24, 2.45) is 0 Å². The molecule has 1 aliphatic heterocycles. The number of hydrogen-bond acceptors (Lipinski definition) is 3. The lowest BCUT2D eigenvalue weighted by Crippen LogP contribution is -2.43. The molecular weight excluding hydrogens is 270 g/mol. The topological polar surface area (TPSA) is 52.5 Å². The van der Waals surface area contributed by atoms with Gasteiger partial charge >= 0.3 is 0 Å². The molecule has 0 saturated carbocycles. The molecule has 2 rings (SSSR count). The summed E-state index contributed by atoms with van der Waals surface area (Å²) in [7, 11) is 0. The van der Waals surface area contributed by atoms with Gasteiger partial charge in [-0.05, 0) is 49.7 Å². The van der Waals surface area contributed by atoms with Gasteiger partial charge in [0.1, 0.15) is 5.75 Å². The number of aliphatic hydroxyl groups is 1. The van der Waals surface area contributed by atoms with Crippen LogP contribution in [0.5, 0.6) is 5.75 Å². The van der Waals surface area contributed by atoms with Crippen LogP contribution in [0.4, 0.5) is 0 Å². The number of benzene rings is 1. The van der Waals surface area contributed by atoms with Crippen molar-refractivity contribution >= 4 is 15.9 Å². The molecule has 3 N–H and O–H groups in total. The Kier molecular flexibility index (Phi) is 3.52. The van der Waals surface area contributed by atoms with Gasteiger partial charge in [-0.3, -0.25) is 0 Å². The average molecular weight is 286 g/mol. The number of halogens is 1. The standard InChI is InChI=1S/C12H16BrNO2/c13-10-1-2-11(15)9(7-10)8-12(16)3-5-14-6-4-12/h1-2,7,14-16H,3-6,8H2. The van der Waals surface area contributed by atoms with Crippen molar-refractivity contribution < 1.29 is 10.2 Å². The number of rotatable bonds is 2. The molecule has 1 aromatic carbocycles. The summed E-state index contributed by atoms with van der Waals surface area (Å²) in [6, 6.07) is 5.32. The van der Waals surface area contributed by atoms with Gasteiger partial charge in [-0.15, -0.1) is 0 Å². The van der Waals surface area contributed by atoms with Crippen LogP contribution in [0, 0.1) is 0 Å². The van der Waals surface area contributed by atoms with E-state index >= 15 is 0 Å². The monoisotopic (exact) mass is 285 g/mol. The summed E-state index contributed by atoms with van der Waals surface area (Å²) >= 11 is 3.37. The Balaban J connectivity index is 2.15. The van der Waals surface area contributed by atoms with Gasteiger partial charge < -0.3 is 15.5 Å². The molecule has 0 spiro atoms. The molecule has 0 amide bonds. The number of hydrogen-bond donors (Lipinski definition) is 3. The van der Waals surface area contributed by atoms with Gasteiger partial charge in [0, 0.05) is 10.9 Å². The van der Waals surface area contributed by atoms with Crippen molar-refractivity contribution in [2.75, 3.05) is 13.1 Å². The second kappa shape index (κ2) is 4.73. The fraction of sp³-hybridized carbons (Fsp3) is 0.500. The molecular formula is C12H16BrNO2. The molecule has 16 heavy (non-hydrogen) atoms. The molecule has 0 aliphatic carbocycles. The van der Waals surface area contributed by atoms with Crippen LogP contribution >= 0.6 is 15.9 Å². The number of phenolic OH excluding ortho intramolecular Hbond substituents is 1. The SMILES string of the molecule is Oc1ccc(Br)cc1CC1(O)CCNCC1. The Labute approximate surface area is 104 Å². The highest BCUT2D eigenvalue weighted by Gasteiger charge is 2.30. The Morgan fingerprint density at radius 1 is 1.31 bits per heavy atom. The molecule has 4 heteroatoms. The zero-order valence-electron chi connectivity index (χ0n) is 9.04. The van der Waals surface area contributed by atoms with E-state index in [1.54, 1.807) is 12.1 Å². The lowest BCUT2D eigenvalue weighted by molar-refractivity contribution is 0.0104. The molecule has 1 aromatic rings. The summed E-state index contributed by atoms with van der Waals surface area (Å²) in [5.74, 6) is 0.259. The quantitative estimate of drug-likeness (QED) is 0.777. The van der Waals surface area contributed by atoms with Gasteiger partial charge in [0.2, 0.25) is 0 Å². The molecule has 0 atom stereocenters. The third-order valence-electron chi connectivity index (χ3n) is 3.10. The van der Waals surface area contributed by atoms with Crippen LogP contribution in [-0.2, 0) is 6.42 Å². The molecule has 0 aromatic heterocycles. The van der Waals surface area contributed by atoms with Crippen LogP contribution in [0.1, 0.15) is 18.4 Å². The molecule has 0 unspecified atom stereocenters. The Bertz CT molecular complexity index is 375. The van der Waals surface area contributed by atoms with Crippen LogP contribution in [0.2, 0.25) is 0 Å². The van der Waals surface area contributed by atoms with E-state index < -0.39 is 5.60 Å². The minimum atomic E-state index is -0.677. The first-order valence-corrected chi connectivity index (χ1v) is 6.29. The van der Waals surface area contributed by atoms with E-state index in [-0.39, 0.29) is 5.75 Å². The zero-order valence-corrected chi connectivity index (χ0v) is 10.6. The molecule has 3 nitrogen and oxygen atoms in total. The summed E-state index contributed by atoms with van der Waals surface area (Å²) in [6.07, 6.45) is 1.98. The number of nitrogens with one attached hydrogen (secondary N) is 1. The van der Waals surface area contributed by atoms with Gasteiger partial charge in [-0.2, -0.15) is 0 Å². The predicted molar refractivity (Wildman–Crippen MR) is 66.6 cm³/mol. The lowest BCUT2D eigenvalue weighted by atomic mass is 9.86. The lowest BCUT2D eigenvalue weighted by Gasteiger charge is -2.32. The molecule has 1 fully saturated rings. The first-order valence-electron chi connectivity index (χ1n) is 5.50. The molecule has 1 saturated heterocycles. The molecule has 1 heterocycles. The first kappa shape index (κ1) is 11.9. The Morgan fingerprint density at radius 2 is 2.00 bits per heavy atom. The van der Waals surface area contributed by atoms with E-state index in [4.69, 9.17) is 0 Å². The van der Waals surface area contributed by atoms with Gasteiger partial charge in [0.25, 0.3) is 0 Å². The fourth-order valence-electron chi connectivity index (χ4n) is 2.12. The van der Waals surface area contributed by atoms with E-state index in [1.165, 1.54) is 0 Å². The van der Waals surface area contributed by atoms with E-state index in [0.29, 0.717) is 6.42 Å². The van der Waals surface area contributed by atoms with Crippen molar-refractivity contribution in [2.45, 2.75) is 24.9 Å². The summed E-state index contributed by atoms with van der Waals surface area (Å²) in [4.78, 5) is 0. The van der Waals surface area contributed by atoms with Gasteiger partial charge in [-0.25, -0.2) is 0 Å². The summed E-state index contributed by atoms with van der Waals surface area (Å²) in [5, 5.41) is 23.3. The maximum atomic E-state index is 10.4. The zero-order chi connectivity index (χ0) is 11.6. The predicted octanol–water partition coefficient (Wildman–Crippen LogP) is 1.81. The fourth-order valence-corrected chi connectivity index (χ4v) is 2.53. The maximum absolute atomic E-state index is 10.4. The van der Waals surface area contributed by atoms with Crippen LogP contribution < -0.4 is 5.32 Å². The molecule has 1 aliphatic rings. The van der Waals surface area contributed by atoms with Crippen LogP contribution in [0.3, 0.4) is 0 Å².